The Morgan fingerprint density at radius 3 is 2.73 bits per heavy atom. The Morgan fingerprint density at radius 1 is 1.50 bits per heavy atom. The van der Waals surface area contributed by atoms with Gasteiger partial charge in [0.25, 0.3) is 0 Å². The van der Waals surface area contributed by atoms with Crippen molar-refractivity contribution in [2.75, 3.05) is 25.0 Å². The number of aromatic nitrogens is 1. The first-order chi connectivity index (χ1) is 10.2. The molecular formula is C13H17ClF3N3O2. The molecule has 0 saturated carbocycles. The van der Waals surface area contributed by atoms with Crippen LogP contribution in [0.3, 0.4) is 0 Å². The van der Waals surface area contributed by atoms with Gasteiger partial charge >= 0.3 is 6.18 Å². The fourth-order valence-corrected chi connectivity index (χ4v) is 1.69. The largest absolute Gasteiger partial charge is 0.417 e. The van der Waals surface area contributed by atoms with Crippen LogP contribution in [0.5, 0.6) is 0 Å². The van der Waals surface area contributed by atoms with Crippen molar-refractivity contribution in [2.24, 2.45) is 5.92 Å². The van der Waals surface area contributed by atoms with Crippen LogP contribution in [0.25, 0.3) is 0 Å². The molecule has 1 atom stereocenters. The zero-order valence-electron chi connectivity index (χ0n) is 11.9. The van der Waals surface area contributed by atoms with Crippen LogP contribution in [-0.4, -0.2) is 35.7 Å². The van der Waals surface area contributed by atoms with Gasteiger partial charge < -0.3 is 15.7 Å². The molecule has 5 nitrogen and oxygen atoms in total. The number of carbonyl (C=O) groups is 1. The molecule has 0 aliphatic heterocycles. The Kier molecular flexibility index (Phi) is 6.89. The minimum Gasteiger partial charge on any atom is -0.396 e. The normalized spacial score (nSPS) is 12.8. The molecule has 1 unspecified atom stereocenters. The molecule has 1 rings (SSSR count). The molecule has 0 spiro atoms. The lowest BCUT2D eigenvalue weighted by Crippen LogP contribution is -2.30. The van der Waals surface area contributed by atoms with Crippen LogP contribution in [0.4, 0.5) is 19.0 Å². The van der Waals surface area contributed by atoms with Crippen LogP contribution in [-0.2, 0) is 11.0 Å². The molecule has 0 radical (unpaired) electrons. The van der Waals surface area contributed by atoms with Gasteiger partial charge in [0.2, 0.25) is 5.91 Å². The number of anilines is 1. The van der Waals surface area contributed by atoms with Gasteiger partial charge in [-0.2, -0.15) is 13.2 Å². The minimum atomic E-state index is -4.50. The van der Waals surface area contributed by atoms with E-state index in [0.29, 0.717) is 12.7 Å². The van der Waals surface area contributed by atoms with Crippen molar-refractivity contribution in [3.05, 3.63) is 22.8 Å². The lowest BCUT2D eigenvalue weighted by Gasteiger charge is -2.12. The second-order valence-corrected chi connectivity index (χ2v) is 5.23. The number of aliphatic hydroxyl groups is 1. The summed E-state index contributed by atoms with van der Waals surface area (Å²) in [7, 11) is 0. The standard InChI is InChI=1S/C13H17ClF3N3O2/c1-8(7-21)5-19-11(22)2-3-18-12-10(14)4-9(6-20-12)13(15,16)17/h4,6,8,21H,2-3,5,7H2,1H3,(H,18,20)(H,19,22). The number of hydrogen-bond donors (Lipinski definition) is 3. The highest BCUT2D eigenvalue weighted by atomic mass is 35.5. The average Bonchev–Trinajstić information content (AvgIpc) is 2.45. The van der Waals surface area contributed by atoms with Crippen molar-refractivity contribution < 1.29 is 23.1 Å². The van der Waals surface area contributed by atoms with Crippen molar-refractivity contribution >= 4 is 23.3 Å². The predicted octanol–water partition coefficient (Wildman–Crippen LogP) is 2.30. The van der Waals surface area contributed by atoms with E-state index >= 15 is 0 Å². The first kappa shape index (κ1) is 18.5. The van der Waals surface area contributed by atoms with E-state index in [1.54, 1.807) is 6.92 Å². The first-order valence-electron chi connectivity index (χ1n) is 6.58. The number of nitrogens with one attached hydrogen (secondary N) is 2. The molecule has 124 valence electrons. The number of pyridine rings is 1. The second kappa shape index (κ2) is 8.19. The highest BCUT2D eigenvalue weighted by Crippen LogP contribution is 2.32. The number of aliphatic hydroxyl groups excluding tert-OH is 1. The van der Waals surface area contributed by atoms with E-state index in [1.165, 1.54) is 0 Å². The summed E-state index contributed by atoms with van der Waals surface area (Å²) in [6, 6.07) is 0.778. The number of amides is 1. The number of halogens is 4. The summed E-state index contributed by atoms with van der Waals surface area (Å²) >= 11 is 5.72. The van der Waals surface area contributed by atoms with E-state index in [0.717, 1.165) is 6.07 Å². The number of hydrogen-bond acceptors (Lipinski definition) is 4. The number of carbonyl (C=O) groups excluding carboxylic acids is 1. The lowest BCUT2D eigenvalue weighted by molar-refractivity contribution is -0.137. The van der Waals surface area contributed by atoms with Crippen LogP contribution in [0.1, 0.15) is 18.9 Å². The third kappa shape index (κ3) is 6.07. The zero-order valence-corrected chi connectivity index (χ0v) is 12.6. The number of nitrogens with zero attached hydrogens (tertiary/aromatic N) is 1. The molecule has 0 aromatic carbocycles. The topological polar surface area (TPSA) is 74.2 Å². The molecule has 0 fully saturated rings. The van der Waals surface area contributed by atoms with Crippen molar-refractivity contribution in [1.29, 1.82) is 0 Å². The Morgan fingerprint density at radius 2 is 2.18 bits per heavy atom. The maximum absolute atomic E-state index is 12.4. The molecule has 0 aliphatic rings. The molecule has 9 heteroatoms. The van der Waals surface area contributed by atoms with Crippen molar-refractivity contribution in [3.63, 3.8) is 0 Å². The minimum absolute atomic E-state index is 0.0242. The summed E-state index contributed by atoms with van der Waals surface area (Å²) in [5, 5.41) is 14.0. The van der Waals surface area contributed by atoms with Crippen molar-refractivity contribution in [2.45, 2.75) is 19.5 Å². The molecule has 3 N–H and O–H groups in total. The van der Waals surface area contributed by atoms with Gasteiger partial charge in [-0.15, -0.1) is 0 Å². The van der Waals surface area contributed by atoms with Gasteiger partial charge in [0.15, 0.2) is 0 Å². The lowest BCUT2D eigenvalue weighted by atomic mass is 10.2. The summed E-state index contributed by atoms with van der Waals surface area (Å²) in [5.41, 5.74) is -0.932. The van der Waals surface area contributed by atoms with E-state index in [9.17, 15) is 18.0 Å². The molecule has 0 bridgehead atoms. The first-order valence-corrected chi connectivity index (χ1v) is 6.96. The third-order valence-corrected chi connectivity index (χ3v) is 3.06. The van der Waals surface area contributed by atoms with Crippen LogP contribution in [0.15, 0.2) is 12.3 Å². The van der Waals surface area contributed by atoms with Gasteiger partial charge in [-0.1, -0.05) is 18.5 Å². The van der Waals surface area contributed by atoms with Gasteiger partial charge in [-0.25, -0.2) is 4.98 Å². The summed E-state index contributed by atoms with van der Waals surface area (Å²) in [5.74, 6) is -0.190. The van der Waals surface area contributed by atoms with Crippen LogP contribution in [0, 0.1) is 5.92 Å². The molecule has 0 aliphatic carbocycles. The van der Waals surface area contributed by atoms with Gasteiger partial charge in [0.1, 0.15) is 5.82 Å². The predicted molar refractivity (Wildman–Crippen MR) is 76.6 cm³/mol. The summed E-state index contributed by atoms with van der Waals surface area (Å²) in [4.78, 5) is 15.1. The molecule has 1 heterocycles. The Hall–Kier alpha value is -1.54. The molecule has 22 heavy (non-hydrogen) atoms. The summed E-state index contributed by atoms with van der Waals surface area (Å²) in [6.07, 6.45) is -3.72. The smallest absolute Gasteiger partial charge is 0.396 e. The highest BCUT2D eigenvalue weighted by molar-refractivity contribution is 6.32. The molecule has 1 aromatic heterocycles. The van der Waals surface area contributed by atoms with Gasteiger partial charge in [-0.3, -0.25) is 4.79 Å². The number of rotatable bonds is 7. The van der Waals surface area contributed by atoms with Gasteiger partial charge in [0, 0.05) is 32.3 Å². The SMILES string of the molecule is CC(CO)CNC(=O)CCNc1ncc(C(F)(F)F)cc1Cl. The van der Waals surface area contributed by atoms with Gasteiger partial charge in [0.05, 0.1) is 10.6 Å². The van der Waals surface area contributed by atoms with Gasteiger partial charge in [-0.05, 0) is 12.0 Å². The Bertz CT molecular complexity index is 512. The quantitative estimate of drug-likeness (QED) is 0.712. The van der Waals surface area contributed by atoms with Crippen molar-refractivity contribution in [3.8, 4) is 0 Å². The molecule has 1 amide bonds. The second-order valence-electron chi connectivity index (χ2n) is 4.82. The fourth-order valence-electron chi connectivity index (χ4n) is 1.46. The summed E-state index contributed by atoms with van der Waals surface area (Å²) in [6.45, 7) is 2.29. The molecular weight excluding hydrogens is 323 g/mol. The zero-order chi connectivity index (χ0) is 16.8. The third-order valence-electron chi connectivity index (χ3n) is 2.77. The Balaban J connectivity index is 2.44. The molecule has 0 saturated heterocycles. The number of alkyl halides is 3. The highest BCUT2D eigenvalue weighted by Gasteiger charge is 2.31. The fraction of sp³-hybridized carbons (Fsp3) is 0.538. The summed E-state index contributed by atoms with van der Waals surface area (Å²) < 4.78 is 37.3. The van der Waals surface area contributed by atoms with E-state index in [-0.39, 0.29) is 42.2 Å². The monoisotopic (exact) mass is 339 g/mol. The van der Waals surface area contributed by atoms with E-state index in [2.05, 4.69) is 15.6 Å². The molecule has 1 aromatic rings. The maximum atomic E-state index is 12.4. The van der Waals surface area contributed by atoms with Crippen LogP contribution >= 0.6 is 11.6 Å². The van der Waals surface area contributed by atoms with E-state index in [1.807, 2.05) is 0 Å². The van der Waals surface area contributed by atoms with E-state index < -0.39 is 11.7 Å². The average molecular weight is 340 g/mol. The van der Waals surface area contributed by atoms with Crippen molar-refractivity contribution in [1.82, 2.24) is 10.3 Å². The van der Waals surface area contributed by atoms with Crippen LogP contribution < -0.4 is 10.6 Å². The van der Waals surface area contributed by atoms with E-state index in [4.69, 9.17) is 16.7 Å². The Labute approximate surface area is 130 Å². The van der Waals surface area contributed by atoms with Crippen LogP contribution in [0.2, 0.25) is 5.02 Å². The maximum Gasteiger partial charge on any atom is 0.417 e.